The lowest BCUT2D eigenvalue weighted by Gasteiger charge is -2.30. The van der Waals surface area contributed by atoms with Crippen molar-refractivity contribution in [3.8, 4) is 17.1 Å². The molecule has 150 valence electrons. The van der Waals surface area contributed by atoms with Crippen LogP contribution in [0.25, 0.3) is 11.4 Å². The quantitative estimate of drug-likeness (QED) is 0.588. The largest absolute Gasteiger partial charge is 0.494 e. The van der Waals surface area contributed by atoms with Crippen LogP contribution in [0.4, 0.5) is 4.39 Å². The first-order valence-corrected chi connectivity index (χ1v) is 9.62. The third kappa shape index (κ3) is 4.35. The molecule has 0 N–H and O–H groups in total. The Morgan fingerprint density at radius 2 is 2.10 bits per heavy atom. The highest BCUT2D eigenvalue weighted by Gasteiger charge is 2.28. The number of benzene rings is 2. The Bertz CT molecular complexity index is 990. The van der Waals surface area contributed by atoms with Crippen LogP contribution in [0.2, 0.25) is 0 Å². The fourth-order valence-corrected chi connectivity index (χ4v) is 3.68. The molecule has 29 heavy (non-hydrogen) atoms. The number of Topliss-reactive ketones (excluding diaryl/α,β-unsaturated/α-hetero) is 1. The normalized spacial score (nSPS) is 17.2. The Morgan fingerprint density at radius 3 is 2.86 bits per heavy atom. The summed E-state index contributed by atoms with van der Waals surface area (Å²) in [5, 5.41) is 4.05. The number of hydrogen-bond acceptors (Lipinski definition) is 6. The van der Waals surface area contributed by atoms with Gasteiger partial charge >= 0.3 is 0 Å². The second-order valence-electron chi connectivity index (χ2n) is 7.17. The van der Waals surface area contributed by atoms with Crippen molar-refractivity contribution in [3.05, 3.63) is 65.8 Å². The molecule has 1 atom stereocenters. The lowest BCUT2D eigenvalue weighted by Crippen LogP contribution is -2.38. The van der Waals surface area contributed by atoms with Crippen LogP contribution < -0.4 is 4.74 Å². The van der Waals surface area contributed by atoms with Crippen LogP contribution in [0.5, 0.6) is 5.75 Å². The lowest BCUT2D eigenvalue weighted by molar-refractivity contribution is 0.0796. The Hall–Kier alpha value is -3.06. The summed E-state index contributed by atoms with van der Waals surface area (Å²) in [7, 11) is 1.40. The van der Waals surface area contributed by atoms with E-state index in [9.17, 15) is 9.18 Å². The Kier molecular flexibility index (Phi) is 5.67. The van der Waals surface area contributed by atoms with Gasteiger partial charge in [0.05, 0.1) is 13.7 Å². The zero-order valence-electron chi connectivity index (χ0n) is 16.2. The minimum absolute atomic E-state index is 0.0493. The van der Waals surface area contributed by atoms with Crippen molar-refractivity contribution >= 4 is 5.78 Å². The van der Waals surface area contributed by atoms with E-state index < -0.39 is 5.82 Å². The van der Waals surface area contributed by atoms with Crippen molar-refractivity contribution in [1.82, 2.24) is 15.0 Å². The maximum atomic E-state index is 14.0. The molecule has 1 saturated heterocycles. The predicted molar refractivity (Wildman–Crippen MR) is 105 cm³/mol. The topological polar surface area (TPSA) is 68.5 Å². The maximum Gasteiger partial charge on any atom is 0.241 e. The van der Waals surface area contributed by atoms with E-state index in [0.717, 1.165) is 24.9 Å². The first-order valence-electron chi connectivity index (χ1n) is 9.62. The molecule has 7 heteroatoms. The zero-order valence-corrected chi connectivity index (χ0v) is 16.2. The molecule has 0 saturated carbocycles. The van der Waals surface area contributed by atoms with Crippen molar-refractivity contribution in [2.45, 2.75) is 19.4 Å². The minimum atomic E-state index is -0.523. The molecule has 2 aromatic carbocycles. The highest BCUT2D eigenvalue weighted by Crippen LogP contribution is 2.25. The van der Waals surface area contributed by atoms with E-state index in [1.54, 1.807) is 6.07 Å². The number of methoxy groups -OCH3 is 1. The lowest BCUT2D eigenvalue weighted by atomic mass is 9.90. The Morgan fingerprint density at radius 1 is 1.28 bits per heavy atom. The number of carbonyl (C=O) groups excluding carboxylic acids is 1. The summed E-state index contributed by atoms with van der Waals surface area (Å²) in [4.78, 5) is 19.5. The van der Waals surface area contributed by atoms with Gasteiger partial charge in [-0.1, -0.05) is 35.5 Å². The monoisotopic (exact) mass is 395 g/mol. The van der Waals surface area contributed by atoms with Crippen molar-refractivity contribution in [2.75, 3.05) is 20.2 Å². The first kappa shape index (κ1) is 19.3. The van der Waals surface area contributed by atoms with Crippen LogP contribution in [0.15, 0.2) is 53.1 Å². The van der Waals surface area contributed by atoms with Crippen molar-refractivity contribution in [2.24, 2.45) is 5.92 Å². The third-order valence-corrected chi connectivity index (χ3v) is 5.17. The molecule has 6 nitrogen and oxygen atoms in total. The molecule has 0 spiro atoms. The molecule has 0 unspecified atom stereocenters. The summed E-state index contributed by atoms with van der Waals surface area (Å²) in [6.45, 7) is 1.92. The number of likely N-dealkylation sites (tertiary alicyclic amines) is 1. The van der Waals surface area contributed by atoms with Gasteiger partial charge in [0.15, 0.2) is 17.3 Å². The van der Waals surface area contributed by atoms with E-state index in [1.807, 2.05) is 30.3 Å². The van der Waals surface area contributed by atoms with Gasteiger partial charge in [0.2, 0.25) is 11.7 Å². The van der Waals surface area contributed by atoms with Crippen molar-refractivity contribution in [3.63, 3.8) is 0 Å². The Balaban J connectivity index is 1.41. The Labute approximate surface area is 168 Å². The highest BCUT2D eigenvalue weighted by atomic mass is 19.1. The van der Waals surface area contributed by atoms with Gasteiger partial charge in [-0.15, -0.1) is 0 Å². The second-order valence-corrected chi connectivity index (χ2v) is 7.17. The molecular formula is C22H22FN3O3. The van der Waals surface area contributed by atoms with Gasteiger partial charge in [-0.3, -0.25) is 9.69 Å². The van der Waals surface area contributed by atoms with E-state index in [0.29, 0.717) is 30.4 Å². The summed E-state index contributed by atoms with van der Waals surface area (Å²) in [6, 6.07) is 14.0. The van der Waals surface area contributed by atoms with Crippen LogP contribution >= 0.6 is 0 Å². The summed E-state index contributed by atoms with van der Waals surface area (Å²) in [5.74, 6) is 0.453. The molecule has 0 radical (unpaired) electrons. The first-order chi connectivity index (χ1) is 14.1. The fraction of sp³-hybridized carbons (Fsp3) is 0.318. The molecule has 0 bridgehead atoms. The minimum Gasteiger partial charge on any atom is -0.494 e. The average molecular weight is 395 g/mol. The van der Waals surface area contributed by atoms with E-state index in [2.05, 4.69) is 15.0 Å². The molecule has 1 aliphatic heterocycles. The summed E-state index contributed by atoms with van der Waals surface area (Å²) in [6.07, 6.45) is 1.66. The smallest absolute Gasteiger partial charge is 0.241 e. The number of nitrogens with zero attached hydrogens (tertiary/aromatic N) is 3. The number of aromatic nitrogens is 2. The zero-order chi connectivity index (χ0) is 20.2. The van der Waals surface area contributed by atoms with E-state index >= 15 is 0 Å². The summed E-state index contributed by atoms with van der Waals surface area (Å²) in [5.41, 5.74) is 1.27. The van der Waals surface area contributed by atoms with Crippen LogP contribution in [0, 0.1) is 11.7 Å². The van der Waals surface area contributed by atoms with Gasteiger partial charge in [0.1, 0.15) is 0 Å². The standard InChI is InChI=1S/C22H22FN3O3/c1-28-19-10-9-16(12-18(19)23)21(27)17-8-5-11-26(13-17)14-20-24-22(25-29-20)15-6-3-2-4-7-15/h2-4,6-7,9-10,12,17H,5,8,11,13-14H2,1H3/t17-/m1/s1. The number of halogens is 1. The molecule has 1 aromatic heterocycles. The van der Waals surface area contributed by atoms with Gasteiger partial charge < -0.3 is 9.26 Å². The number of ketones is 1. The fourth-order valence-electron chi connectivity index (χ4n) is 3.68. The molecule has 1 fully saturated rings. The number of piperidine rings is 1. The molecule has 3 aromatic rings. The second kappa shape index (κ2) is 8.53. The third-order valence-electron chi connectivity index (χ3n) is 5.17. The summed E-state index contributed by atoms with van der Waals surface area (Å²) < 4.78 is 24.3. The molecule has 1 aliphatic rings. The molecule has 2 heterocycles. The van der Waals surface area contributed by atoms with Gasteiger partial charge in [-0.25, -0.2) is 4.39 Å². The van der Waals surface area contributed by atoms with Crippen LogP contribution in [-0.4, -0.2) is 41.0 Å². The maximum absolute atomic E-state index is 14.0. The SMILES string of the molecule is COc1ccc(C(=O)[C@@H]2CCCN(Cc3nc(-c4ccccc4)no3)C2)cc1F. The van der Waals surface area contributed by atoms with Gasteiger partial charge in [-0.05, 0) is 37.6 Å². The number of ether oxygens (including phenoxy) is 1. The number of rotatable bonds is 6. The van der Waals surface area contributed by atoms with Crippen LogP contribution in [0.3, 0.4) is 0 Å². The molecule has 0 amide bonds. The van der Waals surface area contributed by atoms with Gasteiger partial charge in [-0.2, -0.15) is 4.98 Å². The van der Waals surface area contributed by atoms with E-state index in [1.165, 1.54) is 19.2 Å². The molecular weight excluding hydrogens is 373 g/mol. The highest BCUT2D eigenvalue weighted by molar-refractivity contribution is 5.98. The molecule has 0 aliphatic carbocycles. The van der Waals surface area contributed by atoms with Gasteiger partial charge in [0, 0.05) is 23.6 Å². The van der Waals surface area contributed by atoms with Crippen LogP contribution in [0.1, 0.15) is 29.1 Å². The average Bonchev–Trinajstić information content (AvgIpc) is 3.22. The number of carbonyl (C=O) groups is 1. The predicted octanol–water partition coefficient (Wildman–Crippen LogP) is 3.98. The molecule has 4 rings (SSSR count). The van der Waals surface area contributed by atoms with Crippen LogP contribution in [-0.2, 0) is 6.54 Å². The van der Waals surface area contributed by atoms with Crippen molar-refractivity contribution in [1.29, 1.82) is 0 Å². The summed E-state index contributed by atoms with van der Waals surface area (Å²) >= 11 is 0. The van der Waals surface area contributed by atoms with E-state index in [-0.39, 0.29) is 17.5 Å². The number of hydrogen-bond donors (Lipinski definition) is 0. The van der Waals surface area contributed by atoms with Crippen molar-refractivity contribution < 1.29 is 18.4 Å². The van der Waals surface area contributed by atoms with Gasteiger partial charge in [0.25, 0.3) is 0 Å². The van der Waals surface area contributed by atoms with E-state index in [4.69, 9.17) is 9.26 Å².